The third kappa shape index (κ3) is 6.09. The summed E-state index contributed by atoms with van der Waals surface area (Å²) >= 11 is 3.39. The van der Waals surface area contributed by atoms with Crippen LogP contribution in [0.5, 0.6) is 5.75 Å². The molecule has 0 aliphatic rings. The number of methoxy groups -OCH3 is 1. The first-order valence-electron chi connectivity index (χ1n) is 12.0. The molecule has 38 heavy (non-hydrogen) atoms. The largest absolute Gasteiger partial charge is 0.496 e. The Hall–Kier alpha value is -3.62. The van der Waals surface area contributed by atoms with Crippen molar-refractivity contribution in [1.29, 1.82) is 0 Å². The van der Waals surface area contributed by atoms with E-state index in [1.54, 1.807) is 42.5 Å². The number of sulfonamides is 1. The number of carbonyl (C=O) groups is 1. The minimum Gasteiger partial charge on any atom is -0.496 e. The molecule has 1 N–H and O–H groups in total. The van der Waals surface area contributed by atoms with E-state index in [4.69, 9.17) is 4.74 Å². The fourth-order valence-electron chi connectivity index (χ4n) is 3.91. The number of hydrogen-bond donors (Lipinski definition) is 1. The molecule has 0 unspecified atom stereocenters. The molecule has 0 aromatic heterocycles. The predicted octanol–water partition coefficient (Wildman–Crippen LogP) is 7.03. The Morgan fingerprint density at radius 2 is 1.55 bits per heavy atom. The van der Waals surface area contributed by atoms with Gasteiger partial charge in [-0.1, -0.05) is 35.9 Å². The molecule has 6 nitrogen and oxygen atoms in total. The zero-order valence-corrected chi connectivity index (χ0v) is 24.1. The average molecular weight is 594 g/mol. The van der Waals surface area contributed by atoms with E-state index < -0.39 is 10.0 Å². The SMILES string of the molecule is COc1ccc(S(=O)(=O)N(Cc2ccc(C(=O)Nc3ccc(C)c(C)c3)cc2)c2ccc(C)cc2)cc1Br. The Labute approximate surface area is 232 Å². The van der Waals surface area contributed by atoms with Gasteiger partial charge in [0.1, 0.15) is 5.75 Å². The molecule has 0 heterocycles. The summed E-state index contributed by atoms with van der Waals surface area (Å²) in [4.78, 5) is 12.9. The van der Waals surface area contributed by atoms with E-state index in [2.05, 4.69) is 21.2 Å². The smallest absolute Gasteiger partial charge is 0.264 e. The van der Waals surface area contributed by atoms with Crippen molar-refractivity contribution in [3.63, 3.8) is 0 Å². The number of nitrogens with one attached hydrogen (secondary N) is 1. The third-order valence-electron chi connectivity index (χ3n) is 6.34. The second kappa shape index (κ2) is 11.4. The first-order valence-corrected chi connectivity index (χ1v) is 14.2. The minimum atomic E-state index is -3.92. The molecular formula is C30H29BrN2O4S. The molecule has 0 fully saturated rings. The summed E-state index contributed by atoms with van der Waals surface area (Å²) in [6.45, 7) is 6.06. The summed E-state index contributed by atoms with van der Waals surface area (Å²) in [6.07, 6.45) is 0. The Bertz CT molecular complexity index is 1570. The van der Waals surface area contributed by atoms with Crippen molar-refractivity contribution in [2.75, 3.05) is 16.7 Å². The van der Waals surface area contributed by atoms with Crippen LogP contribution in [0.4, 0.5) is 11.4 Å². The van der Waals surface area contributed by atoms with Crippen LogP contribution in [0.15, 0.2) is 94.3 Å². The summed E-state index contributed by atoms with van der Waals surface area (Å²) in [5, 5.41) is 2.92. The van der Waals surface area contributed by atoms with Gasteiger partial charge in [-0.05, 0) is 108 Å². The highest BCUT2D eigenvalue weighted by molar-refractivity contribution is 9.10. The highest BCUT2D eigenvalue weighted by Gasteiger charge is 2.26. The summed E-state index contributed by atoms with van der Waals surface area (Å²) in [5.41, 5.74) is 5.77. The van der Waals surface area contributed by atoms with Crippen LogP contribution >= 0.6 is 15.9 Å². The fraction of sp³-hybridized carbons (Fsp3) is 0.167. The molecule has 0 aliphatic carbocycles. The number of carbonyl (C=O) groups excluding carboxylic acids is 1. The van der Waals surface area contributed by atoms with Gasteiger partial charge in [0.05, 0.1) is 28.7 Å². The topological polar surface area (TPSA) is 75.7 Å². The molecule has 1 amide bonds. The van der Waals surface area contributed by atoms with Crippen molar-refractivity contribution in [2.45, 2.75) is 32.2 Å². The zero-order chi connectivity index (χ0) is 27.4. The number of benzene rings is 4. The summed E-state index contributed by atoms with van der Waals surface area (Å²) in [6, 6.07) is 24.7. The van der Waals surface area contributed by atoms with E-state index >= 15 is 0 Å². The Morgan fingerprint density at radius 1 is 0.868 bits per heavy atom. The predicted molar refractivity (Wildman–Crippen MR) is 156 cm³/mol. The molecule has 0 saturated carbocycles. The fourth-order valence-corrected chi connectivity index (χ4v) is 6.08. The quantitative estimate of drug-likeness (QED) is 0.238. The van der Waals surface area contributed by atoms with E-state index in [0.717, 1.165) is 27.9 Å². The average Bonchev–Trinajstić information content (AvgIpc) is 2.90. The maximum Gasteiger partial charge on any atom is 0.264 e. The van der Waals surface area contributed by atoms with Crippen molar-refractivity contribution in [3.05, 3.63) is 117 Å². The molecular weight excluding hydrogens is 564 g/mol. The molecule has 4 aromatic rings. The van der Waals surface area contributed by atoms with Crippen LogP contribution in [-0.4, -0.2) is 21.4 Å². The van der Waals surface area contributed by atoms with E-state index in [9.17, 15) is 13.2 Å². The van der Waals surface area contributed by atoms with Crippen LogP contribution < -0.4 is 14.4 Å². The molecule has 4 aromatic carbocycles. The molecule has 0 spiro atoms. The maximum absolute atomic E-state index is 13.8. The van der Waals surface area contributed by atoms with E-state index in [1.807, 2.05) is 51.1 Å². The van der Waals surface area contributed by atoms with Crippen molar-refractivity contribution in [1.82, 2.24) is 0 Å². The summed E-state index contributed by atoms with van der Waals surface area (Å²) in [5.74, 6) is 0.311. The molecule has 4 rings (SSSR count). The lowest BCUT2D eigenvalue weighted by atomic mass is 10.1. The normalized spacial score (nSPS) is 11.2. The number of amides is 1. The zero-order valence-electron chi connectivity index (χ0n) is 21.7. The third-order valence-corrected chi connectivity index (χ3v) is 8.73. The molecule has 0 radical (unpaired) electrons. The van der Waals surface area contributed by atoms with Gasteiger partial charge in [0.25, 0.3) is 15.9 Å². The lowest BCUT2D eigenvalue weighted by molar-refractivity contribution is 0.102. The standard InChI is InChI=1S/C30H29BrN2O4S/c1-20-5-13-26(14-6-20)33(38(35,36)27-15-16-29(37-4)28(31)18-27)19-23-8-10-24(11-9-23)30(34)32-25-12-7-21(2)22(3)17-25/h5-18H,19H2,1-4H3,(H,32,34). The van der Waals surface area contributed by atoms with Gasteiger partial charge >= 0.3 is 0 Å². The Kier molecular flexibility index (Phi) is 8.23. The highest BCUT2D eigenvalue weighted by Crippen LogP contribution is 2.32. The molecule has 0 aliphatic heterocycles. The van der Waals surface area contributed by atoms with Gasteiger partial charge in [0.15, 0.2) is 0 Å². The van der Waals surface area contributed by atoms with Crippen molar-refractivity contribution in [3.8, 4) is 5.75 Å². The van der Waals surface area contributed by atoms with Gasteiger partial charge in [0.2, 0.25) is 0 Å². The van der Waals surface area contributed by atoms with E-state index in [-0.39, 0.29) is 17.3 Å². The summed E-state index contributed by atoms with van der Waals surface area (Å²) in [7, 11) is -2.39. The Morgan fingerprint density at radius 3 is 2.16 bits per heavy atom. The molecule has 196 valence electrons. The van der Waals surface area contributed by atoms with Gasteiger partial charge in [-0.25, -0.2) is 8.42 Å². The highest BCUT2D eigenvalue weighted by atomic mass is 79.9. The second-order valence-electron chi connectivity index (χ2n) is 9.09. The number of ether oxygens (including phenoxy) is 1. The number of aryl methyl sites for hydroxylation is 3. The minimum absolute atomic E-state index is 0.0914. The number of hydrogen-bond acceptors (Lipinski definition) is 4. The van der Waals surface area contributed by atoms with Crippen molar-refractivity contribution < 1.29 is 17.9 Å². The number of halogens is 1. The van der Waals surface area contributed by atoms with Crippen molar-refractivity contribution >= 4 is 43.2 Å². The van der Waals surface area contributed by atoms with Crippen LogP contribution in [0, 0.1) is 20.8 Å². The number of nitrogens with zero attached hydrogens (tertiary/aromatic N) is 1. The molecule has 0 bridgehead atoms. The second-order valence-corrected chi connectivity index (χ2v) is 11.8. The van der Waals surface area contributed by atoms with Crippen LogP contribution in [0.25, 0.3) is 0 Å². The number of rotatable bonds is 8. The number of anilines is 2. The molecule has 8 heteroatoms. The van der Waals surface area contributed by atoms with Crippen molar-refractivity contribution in [2.24, 2.45) is 0 Å². The van der Waals surface area contributed by atoms with Gasteiger partial charge in [-0.2, -0.15) is 0 Å². The first kappa shape index (κ1) is 27.4. The monoisotopic (exact) mass is 592 g/mol. The lowest BCUT2D eigenvalue weighted by Gasteiger charge is -2.25. The van der Waals surface area contributed by atoms with Gasteiger partial charge < -0.3 is 10.1 Å². The Balaban J connectivity index is 1.61. The van der Waals surface area contributed by atoms with Crippen LogP contribution in [0.1, 0.15) is 32.6 Å². The van der Waals surface area contributed by atoms with E-state index in [1.165, 1.54) is 23.5 Å². The van der Waals surface area contributed by atoms with Gasteiger partial charge in [0, 0.05) is 11.3 Å². The van der Waals surface area contributed by atoms with Crippen LogP contribution in [0.2, 0.25) is 0 Å². The van der Waals surface area contributed by atoms with Crippen LogP contribution in [0.3, 0.4) is 0 Å². The van der Waals surface area contributed by atoms with Gasteiger partial charge in [-0.15, -0.1) is 0 Å². The maximum atomic E-state index is 13.8. The van der Waals surface area contributed by atoms with E-state index in [0.29, 0.717) is 21.5 Å². The lowest BCUT2D eigenvalue weighted by Crippen LogP contribution is -2.30. The first-order chi connectivity index (χ1) is 18.1. The van der Waals surface area contributed by atoms with Gasteiger partial charge in [-0.3, -0.25) is 9.10 Å². The molecule has 0 atom stereocenters. The summed E-state index contributed by atoms with van der Waals surface area (Å²) < 4.78 is 34.8. The molecule has 0 saturated heterocycles. The van der Waals surface area contributed by atoms with Crippen LogP contribution in [-0.2, 0) is 16.6 Å².